The summed E-state index contributed by atoms with van der Waals surface area (Å²) in [6.07, 6.45) is 16.6. The number of terminal acetylenes is 1. The predicted molar refractivity (Wildman–Crippen MR) is 175 cm³/mol. The van der Waals surface area contributed by atoms with E-state index in [2.05, 4.69) is 131 Å². The largest absolute Gasteiger partial charge is 0.496 e. The number of aryl methyl sites for hydroxylation is 4. The van der Waals surface area contributed by atoms with Crippen LogP contribution in [0.3, 0.4) is 0 Å². The van der Waals surface area contributed by atoms with Crippen molar-refractivity contribution in [3.8, 4) is 18.6 Å². The maximum atomic E-state index is 5.58. The Morgan fingerprint density at radius 2 is 1.40 bits per heavy atom. The number of hydrogen-bond donors (Lipinski definition) is 0. The third-order valence-corrected chi connectivity index (χ3v) is 8.29. The average Bonchev–Trinajstić information content (AvgIpc) is 3.00. The molecule has 0 fully saturated rings. The first-order valence-electron chi connectivity index (χ1n) is 14.8. The molecule has 0 aromatic heterocycles. The zero-order valence-electron chi connectivity index (χ0n) is 26.2. The van der Waals surface area contributed by atoms with Gasteiger partial charge in [-0.15, -0.1) is 12.8 Å². The lowest BCUT2D eigenvalue weighted by Gasteiger charge is -2.32. The minimum atomic E-state index is 0.224. The van der Waals surface area contributed by atoms with Gasteiger partial charge in [0.1, 0.15) is 5.75 Å². The van der Waals surface area contributed by atoms with E-state index < -0.39 is 0 Å². The summed E-state index contributed by atoms with van der Waals surface area (Å²) in [6.45, 7) is 10.9. The van der Waals surface area contributed by atoms with E-state index in [1.165, 1.54) is 48.1 Å². The molecule has 0 N–H and O–H groups in total. The fourth-order valence-corrected chi connectivity index (χ4v) is 4.99. The van der Waals surface area contributed by atoms with Crippen LogP contribution >= 0.6 is 0 Å². The molecule has 0 bridgehead atoms. The third kappa shape index (κ3) is 9.76. The van der Waals surface area contributed by atoms with E-state index in [4.69, 9.17) is 4.74 Å². The number of fused-ring (bicyclic) bond motifs is 1. The molecule has 1 aliphatic rings. The van der Waals surface area contributed by atoms with Crippen molar-refractivity contribution < 1.29 is 4.74 Å². The minimum absolute atomic E-state index is 0.224. The van der Waals surface area contributed by atoms with Crippen LogP contribution < -0.4 is 9.64 Å². The van der Waals surface area contributed by atoms with Crippen molar-refractivity contribution in [3.63, 3.8) is 0 Å². The second-order valence-electron chi connectivity index (χ2n) is 11.4. The molecule has 0 heterocycles. The van der Waals surface area contributed by atoms with E-state index in [0.29, 0.717) is 0 Å². The summed E-state index contributed by atoms with van der Waals surface area (Å²) < 4.78 is 5.58. The Kier molecular flexibility index (Phi) is 13.8. The molecule has 3 aromatic carbocycles. The SMILES string of the molecule is C#C.CCc1ccc(N(CC)Cc2ccc(CCC(C)(C)N(C)C)cc2)cc1OC.c1ccc2c(c1)CCCC2. The topological polar surface area (TPSA) is 15.7 Å². The number of rotatable bonds is 10. The molecule has 0 radical (unpaired) electrons. The lowest BCUT2D eigenvalue weighted by molar-refractivity contribution is 0.182. The molecule has 0 saturated heterocycles. The summed E-state index contributed by atoms with van der Waals surface area (Å²) in [7, 11) is 6.07. The van der Waals surface area contributed by atoms with E-state index >= 15 is 0 Å². The van der Waals surface area contributed by atoms with Gasteiger partial charge >= 0.3 is 0 Å². The monoisotopic (exact) mass is 540 g/mol. The minimum Gasteiger partial charge on any atom is -0.496 e. The highest BCUT2D eigenvalue weighted by atomic mass is 16.5. The van der Waals surface area contributed by atoms with E-state index in [9.17, 15) is 0 Å². The molecular formula is C37H52N2O. The predicted octanol–water partition coefficient (Wildman–Crippen LogP) is 8.37. The first-order valence-corrected chi connectivity index (χ1v) is 14.8. The highest BCUT2D eigenvalue weighted by Crippen LogP contribution is 2.27. The highest BCUT2D eigenvalue weighted by molar-refractivity contribution is 5.54. The van der Waals surface area contributed by atoms with Gasteiger partial charge in [-0.25, -0.2) is 0 Å². The summed E-state index contributed by atoms with van der Waals surface area (Å²) in [4.78, 5) is 4.70. The van der Waals surface area contributed by atoms with Crippen LogP contribution in [0.15, 0.2) is 66.7 Å². The first-order chi connectivity index (χ1) is 19.3. The third-order valence-electron chi connectivity index (χ3n) is 8.29. The quantitative estimate of drug-likeness (QED) is 0.240. The summed E-state index contributed by atoms with van der Waals surface area (Å²) in [5.41, 5.74) is 8.61. The van der Waals surface area contributed by atoms with Gasteiger partial charge in [0.15, 0.2) is 0 Å². The van der Waals surface area contributed by atoms with E-state index in [-0.39, 0.29) is 5.54 Å². The summed E-state index contributed by atoms with van der Waals surface area (Å²) in [5.74, 6) is 0.984. The molecule has 216 valence electrons. The molecule has 0 amide bonds. The molecule has 3 nitrogen and oxygen atoms in total. The first kappa shape index (κ1) is 33.0. The van der Waals surface area contributed by atoms with Crippen molar-refractivity contribution in [1.82, 2.24) is 4.90 Å². The molecule has 0 saturated carbocycles. The van der Waals surface area contributed by atoms with Gasteiger partial charge in [-0.3, -0.25) is 0 Å². The van der Waals surface area contributed by atoms with Crippen molar-refractivity contribution in [2.45, 2.75) is 84.7 Å². The van der Waals surface area contributed by atoms with Crippen LogP contribution in [0.25, 0.3) is 0 Å². The van der Waals surface area contributed by atoms with Gasteiger partial charge < -0.3 is 14.5 Å². The van der Waals surface area contributed by atoms with Crippen molar-refractivity contribution in [2.75, 3.05) is 32.6 Å². The van der Waals surface area contributed by atoms with Crippen molar-refractivity contribution in [1.29, 1.82) is 0 Å². The summed E-state index contributed by atoms with van der Waals surface area (Å²) in [5, 5.41) is 0. The van der Waals surface area contributed by atoms with Crippen LogP contribution in [0.2, 0.25) is 0 Å². The van der Waals surface area contributed by atoms with Crippen LogP contribution in [0.4, 0.5) is 5.69 Å². The molecule has 40 heavy (non-hydrogen) atoms. The molecule has 1 aliphatic carbocycles. The second-order valence-corrected chi connectivity index (χ2v) is 11.4. The number of benzene rings is 3. The van der Waals surface area contributed by atoms with Crippen LogP contribution in [-0.4, -0.2) is 38.2 Å². The van der Waals surface area contributed by atoms with Crippen molar-refractivity contribution in [3.05, 3.63) is 94.5 Å². The molecule has 0 unspecified atom stereocenters. The Morgan fingerprint density at radius 1 is 0.825 bits per heavy atom. The lowest BCUT2D eigenvalue weighted by atomic mass is 9.92. The fourth-order valence-electron chi connectivity index (χ4n) is 4.99. The van der Waals surface area contributed by atoms with Gasteiger partial charge in [0.25, 0.3) is 0 Å². The molecule has 3 heteroatoms. The van der Waals surface area contributed by atoms with Gasteiger partial charge in [-0.1, -0.05) is 61.5 Å². The normalized spacial score (nSPS) is 12.3. The zero-order valence-corrected chi connectivity index (χ0v) is 26.2. The Labute approximate surface area is 245 Å². The number of ether oxygens (including phenoxy) is 1. The Bertz CT molecular complexity index is 1140. The molecule has 0 spiro atoms. The highest BCUT2D eigenvalue weighted by Gasteiger charge is 2.19. The molecule has 3 aromatic rings. The van der Waals surface area contributed by atoms with Gasteiger partial charge in [-0.2, -0.15) is 0 Å². The van der Waals surface area contributed by atoms with Crippen molar-refractivity contribution in [2.24, 2.45) is 0 Å². The number of nitrogens with zero attached hydrogens (tertiary/aromatic N) is 2. The van der Waals surface area contributed by atoms with E-state index in [0.717, 1.165) is 38.1 Å². The molecular weight excluding hydrogens is 488 g/mol. The maximum Gasteiger partial charge on any atom is 0.124 e. The van der Waals surface area contributed by atoms with Gasteiger partial charge in [0.05, 0.1) is 7.11 Å². The Balaban J connectivity index is 0.000000384. The van der Waals surface area contributed by atoms with Crippen LogP contribution in [0, 0.1) is 12.8 Å². The van der Waals surface area contributed by atoms with Crippen LogP contribution in [0.1, 0.15) is 74.8 Å². The van der Waals surface area contributed by atoms with Gasteiger partial charge in [-0.05, 0) is 114 Å². The smallest absolute Gasteiger partial charge is 0.124 e. The van der Waals surface area contributed by atoms with Crippen LogP contribution in [0.5, 0.6) is 5.75 Å². The maximum absolute atomic E-state index is 5.58. The fraction of sp³-hybridized carbons (Fsp3) is 0.459. The van der Waals surface area contributed by atoms with E-state index in [1.54, 1.807) is 18.2 Å². The number of methoxy groups -OCH3 is 1. The average molecular weight is 541 g/mol. The number of anilines is 1. The standard InChI is InChI=1S/C25H38N2O.C10H12.C2H2/c1-8-22-14-15-23(18-24(22)28-7)27(9-2)19-21-12-10-20(11-13-21)16-17-25(3,4)26(5)6;1-2-6-10-8-4-3-7-9(10)5-1;1-2/h10-15,18H,8-9,16-17,19H2,1-7H3;1-2,5-6H,3-4,7-8H2;1-2H. The Morgan fingerprint density at radius 3 is 1.90 bits per heavy atom. The second kappa shape index (κ2) is 16.8. The van der Waals surface area contributed by atoms with Gasteiger partial charge in [0.2, 0.25) is 0 Å². The van der Waals surface area contributed by atoms with Gasteiger partial charge in [0, 0.05) is 30.4 Å². The molecule has 0 aliphatic heterocycles. The zero-order chi connectivity index (χ0) is 29.5. The van der Waals surface area contributed by atoms with Crippen LogP contribution in [-0.2, 0) is 32.2 Å². The molecule has 4 rings (SSSR count). The lowest BCUT2D eigenvalue weighted by Crippen LogP contribution is -2.38. The van der Waals surface area contributed by atoms with Crippen molar-refractivity contribution >= 4 is 5.69 Å². The van der Waals surface area contributed by atoms with E-state index in [1.807, 2.05) is 0 Å². The summed E-state index contributed by atoms with van der Waals surface area (Å²) in [6, 6.07) is 24.5. The summed E-state index contributed by atoms with van der Waals surface area (Å²) >= 11 is 0. The molecule has 0 atom stereocenters. The Hall–Kier alpha value is -3.22. The number of hydrogen-bond acceptors (Lipinski definition) is 3.